The lowest BCUT2D eigenvalue weighted by molar-refractivity contribution is -0.127. The standard InChI is InChI=1S/C30H20N2O6/c1-13-5-7-15-19(9-13)31(3)27(33)23(15)25-17-11-22-18(12-21(17)37-29(25)35)26(30(36)38-22)24-16-8-6-14(2)10-20(16)32(4)28(24)34/h5-12H,1-4H3/b25-23+,26-24+. The number of aryl methyl sites for hydroxylation is 2. The van der Waals surface area contributed by atoms with E-state index >= 15 is 0 Å². The smallest absolute Gasteiger partial charge is 0.345 e. The van der Waals surface area contributed by atoms with Crippen molar-refractivity contribution in [2.75, 3.05) is 23.9 Å². The SMILES string of the molecule is Cc1ccc2c(c1)N(C)C(=O)/C2=C1/C(=O)Oc2cc3c(cc21)OC(=O)/C3=C1/C(=O)N(C)c2cc(C)ccc21. The van der Waals surface area contributed by atoms with Gasteiger partial charge in [-0.3, -0.25) is 9.59 Å². The molecule has 0 unspecified atom stereocenters. The van der Waals surface area contributed by atoms with Gasteiger partial charge in [-0.1, -0.05) is 24.3 Å². The molecule has 0 spiro atoms. The molecule has 0 radical (unpaired) electrons. The summed E-state index contributed by atoms with van der Waals surface area (Å²) in [5.74, 6) is -1.56. The second kappa shape index (κ2) is 7.29. The van der Waals surface area contributed by atoms with Crippen LogP contribution in [0.3, 0.4) is 0 Å². The van der Waals surface area contributed by atoms with Crippen molar-refractivity contribution in [2.45, 2.75) is 13.8 Å². The van der Waals surface area contributed by atoms with Gasteiger partial charge < -0.3 is 19.3 Å². The quantitative estimate of drug-likeness (QED) is 0.262. The van der Waals surface area contributed by atoms with Gasteiger partial charge in [0.2, 0.25) is 0 Å². The molecule has 0 saturated heterocycles. The highest BCUT2D eigenvalue weighted by atomic mass is 16.5. The number of rotatable bonds is 0. The van der Waals surface area contributed by atoms with Crippen molar-refractivity contribution in [3.05, 3.63) is 81.9 Å². The molecule has 0 atom stereocenters. The molecule has 4 aliphatic heterocycles. The third-order valence-corrected chi connectivity index (χ3v) is 7.54. The molecule has 0 N–H and O–H groups in total. The number of amides is 2. The maximum absolute atomic E-state index is 13.3. The van der Waals surface area contributed by atoms with E-state index in [0.29, 0.717) is 33.6 Å². The molecule has 4 aliphatic rings. The van der Waals surface area contributed by atoms with Crippen LogP contribution in [-0.4, -0.2) is 37.8 Å². The number of carbonyl (C=O) groups excluding carboxylic acids is 4. The largest absolute Gasteiger partial charge is 0.422 e. The third-order valence-electron chi connectivity index (χ3n) is 7.54. The fourth-order valence-electron chi connectivity index (χ4n) is 5.64. The van der Waals surface area contributed by atoms with E-state index < -0.39 is 11.9 Å². The average Bonchev–Trinajstić information content (AvgIpc) is 3.52. The second-order valence-electron chi connectivity index (χ2n) is 9.89. The Hall–Kier alpha value is -4.98. The monoisotopic (exact) mass is 504 g/mol. The number of esters is 2. The Morgan fingerprint density at radius 2 is 0.921 bits per heavy atom. The molecule has 8 heteroatoms. The Morgan fingerprint density at radius 3 is 1.32 bits per heavy atom. The van der Waals surface area contributed by atoms with Crippen molar-refractivity contribution in [3.63, 3.8) is 0 Å². The summed E-state index contributed by atoms with van der Waals surface area (Å²) in [5.41, 5.74) is 6.10. The molecule has 3 aromatic rings. The van der Waals surface area contributed by atoms with Gasteiger partial charge in [-0.15, -0.1) is 0 Å². The van der Waals surface area contributed by atoms with E-state index in [1.807, 2.05) is 50.2 Å². The number of hydrogen-bond acceptors (Lipinski definition) is 6. The zero-order chi connectivity index (χ0) is 26.6. The van der Waals surface area contributed by atoms with Crippen LogP contribution in [0.2, 0.25) is 0 Å². The lowest BCUT2D eigenvalue weighted by Gasteiger charge is -2.09. The lowest BCUT2D eigenvalue weighted by Crippen LogP contribution is -2.21. The summed E-state index contributed by atoms with van der Waals surface area (Å²) in [6.45, 7) is 3.86. The van der Waals surface area contributed by atoms with Crippen LogP contribution >= 0.6 is 0 Å². The highest BCUT2D eigenvalue weighted by molar-refractivity contribution is 6.48. The third kappa shape index (κ3) is 2.74. The number of anilines is 2. The molecule has 0 bridgehead atoms. The molecule has 8 nitrogen and oxygen atoms in total. The van der Waals surface area contributed by atoms with Gasteiger partial charge in [0.05, 0.1) is 33.7 Å². The molecule has 0 aliphatic carbocycles. The molecule has 186 valence electrons. The predicted molar refractivity (Wildman–Crippen MR) is 141 cm³/mol. The van der Waals surface area contributed by atoms with Gasteiger partial charge in [0.25, 0.3) is 11.8 Å². The lowest BCUT2D eigenvalue weighted by atomic mass is 9.92. The minimum Gasteiger partial charge on any atom is -0.422 e. The molecule has 7 rings (SSSR count). The minimum absolute atomic E-state index is 0.122. The number of benzene rings is 3. The zero-order valence-electron chi connectivity index (χ0n) is 21.0. The van der Waals surface area contributed by atoms with E-state index in [1.165, 1.54) is 9.80 Å². The van der Waals surface area contributed by atoms with Crippen LogP contribution in [0.1, 0.15) is 33.4 Å². The van der Waals surface area contributed by atoms with Gasteiger partial charge in [-0.2, -0.15) is 0 Å². The van der Waals surface area contributed by atoms with E-state index in [1.54, 1.807) is 26.2 Å². The molecule has 0 aromatic heterocycles. The van der Waals surface area contributed by atoms with Crippen LogP contribution < -0.4 is 19.3 Å². The molecular formula is C30H20N2O6. The van der Waals surface area contributed by atoms with Crippen LogP contribution in [0.25, 0.3) is 22.3 Å². The van der Waals surface area contributed by atoms with Crippen molar-refractivity contribution in [3.8, 4) is 11.5 Å². The van der Waals surface area contributed by atoms with E-state index in [-0.39, 0.29) is 45.6 Å². The van der Waals surface area contributed by atoms with Crippen molar-refractivity contribution < 1.29 is 28.7 Å². The molecule has 3 aromatic carbocycles. The maximum Gasteiger partial charge on any atom is 0.345 e. The van der Waals surface area contributed by atoms with Crippen molar-refractivity contribution in [1.82, 2.24) is 0 Å². The molecule has 0 fully saturated rings. The van der Waals surface area contributed by atoms with Crippen molar-refractivity contribution in [2.24, 2.45) is 0 Å². The number of hydrogen-bond donors (Lipinski definition) is 0. The van der Waals surface area contributed by atoms with Gasteiger partial charge in [0.1, 0.15) is 11.5 Å². The Morgan fingerprint density at radius 1 is 0.526 bits per heavy atom. The minimum atomic E-state index is -0.660. The van der Waals surface area contributed by atoms with Gasteiger partial charge >= 0.3 is 11.9 Å². The van der Waals surface area contributed by atoms with E-state index in [4.69, 9.17) is 9.47 Å². The van der Waals surface area contributed by atoms with Gasteiger partial charge in [-0.25, -0.2) is 9.59 Å². The summed E-state index contributed by atoms with van der Waals surface area (Å²) >= 11 is 0. The Kier molecular flexibility index (Phi) is 4.26. The van der Waals surface area contributed by atoms with Gasteiger partial charge in [0.15, 0.2) is 0 Å². The number of fused-ring (bicyclic) bond motifs is 4. The average molecular weight is 504 g/mol. The highest BCUT2D eigenvalue weighted by Gasteiger charge is 2.43. The molecule has 4 heterocycles. The summed E-state index contributed by atoms with van der Waals surface area (Å²) in [6.07, 6.45) is 0. The first-order valence-electron chi connectivity index (χ1n) is 12.1. The van der Waals surface area contributed by atoms with Gasteiger partial charge in [-0.05, 0) is 49.2 Å². The van der Waals surface area contributed by atoms with E-state index in [2.05, 4.69) is 0 Å². The topological polar surface area (TPSA) is 93.2 Å². The first-order valence-corrected chi connectivity index (χ1v) is 12.1. The van der Waals surface area contributed by atoms with E-state index in [0.717, 1.165) is 11.1 Å². The number of likely N-dealkylation sites (N-methyl/N-ethyl adjacent to an activating group) is 2. The number of nitrogens with zero attached hydrogens (tertiary/aromatic N) is 2. The van der Waals surface area contributed by atoms with Crippen LogP contribution in [0.5, 0.6) is 11.5 Å². The van der Waals surface area contributed by atoms with Crippen molar-refractivity contribution in [1.29, 1.82) is 0 Å². The molecule has 0 saturated carbocycles. The van der Waals surface area contributed by atoms with Crippen LogP contribution in [0.15, 0.2) is 48.5 Å². The predicted octanol–water partition coefficient (Wildman–Crippen LogP) is 3.92. The first-order chi connectivity index (χ1) is 18.2. The van der Waals surface area contributed by atoms with Crippen LogP contribution in [0.4, 0.5) is 11.4 Å². The van der Waals surface area contributed by atoms with E-state index in [9.17, 15) is 19.2 Å². The molecule has 38 heavy (non-hydrogen) atoms. The Balaban J connectivity index is 1.44. The first kappa shape index (κ1) is 22.2. The van der Waals surface area contributed by atoms with Crippen molar-refractivity contribution >= 4 is 57.4 Å². The summed E-state index contributed by atoms with van der Waals surface area (Å²) in [5, 5.41) is 0. The summed E-state index contributed by atoms with van der Waals surface area (Å²) in [7, 11) is 3.32. The Labute approximate surface area is 217 Å². The summed E-state index contributed by atoms with van der Waals surface area (Å²) in [4.78, 5) is 55.8. The number of carbonyl (C=O) groups is 4. The summed E-state index contributed by atoms with van der Waals surface area (Å²) < 4.78 is 11.2. The number of ether oxygens (including phenoxy) is 2. The summed E-state index contributed by atoms with van der Waals surface area (Å²) in [6, 6.07) is 14.3. The highest BCUT2D eigenvalue weighted by Crippen LogP contribution is 2.51. The van der Waals surface area contributed by atoms with Crippen LogP contribution in [-0.2, 0) is 19.2 Å². The fraction of sp³-hybridized carbons (Fsp3) is 0.133. The molecule has 2 amide bonds. The molecular weight excluding hydrogens is 484 g/mol. The normalized spacial score (nSPS) is 21.1. The fourth-order valence-corrected chi connectivity index (χ4v) is 5.64. The Bertz CT molecular complexity index is 1660. The van der Waals surface area contributed by atoms with Gasteiger partial charge in [0, 0.05) is 36.3 Å². The van der Waals surface area contributed by atoms with Crippen LogP contribution in [0, 0.1) is 13.8 Å². The second-order valence-corrected chi connectivity index (χ2v) is 9.89. The maximum atomic E-state index is 13.3. The zero-order valence-corrected chi connectivity index (χ0v) is 21.0.